The minimum absolute atomic E-state index is 0.195. The molecule has 1 N–H and O–H groups in total. The molecule has 124 valence electrons. The van der Waals surface area contributed by atoms with Gasteiger partial charge < -0.3 is 0 Å². The van der Waals surface area contributed by atoms with Crippen LogP contribution in [0.4, 0.5) is 18.3 Å². The molecule has 1 aromatic heterocycles. The summed E-state index contributed by atoms with van der Waals surface area (Å²) in [5.41, 5.74) is -1.68. The van der Waals surface area contributed by atoms with Crippen molar-refractivity contribution < 1.29 is 26.4 Å². The Bertz CT molecular complexity index is 831. The van der Waals surface area contributed by atoms with Crippen LogP contribution < -0.4 is 5.32 Å². The molecule has 0 radical (unpaired) electrons. The van der Waals surface area contributed by atoms with Gasteiger partial charge in [0.05, 0.1) is 16.9 Å². The lowest BCUT2D eigenvalue weighted by atomic mass is 10.1. The highest BCUT2D eigenvalue weighted by Crippen LogP contribution is 2.32. The van der Waals surface area contributed by atoms with Gasteiger partial charge in [0.15, 0.2) is 0 Å². The fourth-order valence-electron chi connectivity index (χ4n) is 1.60. The molecule has 11 heteroatoms. The van der Waals surface area contributed by atoms with Crippen molar-refractivity contribution >= 4 is 32.2 Å². The number of sulfone groups is 1. The van der Waals surface area contributed by atoms with Crippen molar-refractivity contribution in [2.75, 3.05) is 11.1 Å². The number of alkyl halides is 3. The number of anilines is 1. The number of carbonyl (C=O) groups excluding carboxylic acids is 1. The Morgan fingerprint density at radius 2 is 1.91 bits per heavy atom. The van der Waals surface area contributed by atoms with Crippen molar-refractivity contribution in [3.63, 3.8) is 0 Å². The highest BCUT2D eigenvalue weighted by atomic mass is 32.2. The molecule has 23 heavy (non-hydrogen) atoms. The number of halogens is 3. The molecule has 6 nitrogen and oxygen atoms in total. The molecule has 1 amide bonds. The van der Waals surface area contributed by atoms with Gasteiger partial charge in [-0.15, -0.1) is 10.2 Å². The van der Waals surface area contributed by atoms with Crippen molar-refractivity contribution in [1.82, 2.24) is 10.2 Å². The second-order valence-corrected chi connectivity index (χ2v) is 7.70. The number of hydrogen-bond donors (Lipinski definition) is 1. The Kier molecular flexibility index (Phi) is 4.71. The zero-order valence-corrected chi connectivity index (χ0v) is 13.2. The number of carbonyl (C=O) groups is 1. The lowest BCUT2D eigenvalue weighted by molar-refractivity contribution is -0.137. The van der Waals surface area contributed by atoms with E-state index in [2.05, 4.69) is 15.5 Å². The van der Waals surface area contributed by atoms with Crippen LogP contribution in [-0.2, 0) is 16.0 Å². The second kappa shape index (κ2) is 6.24. The Morgan fingerprint density at radius 3 is 2.52 bits per heavy atom. The number of nitrogens with zero attached hydrogens (tertiary/aromatic N) is 2. The third kappa shape index (κ3) is 3.85. The Balaban J connectivity index is 2.28. The number of nitrogens with one attached hydrogen (secondary N) is 1. The molecule has 0 bridgehead atoms. The van der Waals surface area contributed by atoms with Crippen molar-refractivity contribution in [2.45, 2.75) is 17.4 Å². The number of hydrogen-bond acceptors (Lipinski definition) is 6. The lowest BCUT2D eigenvalue weighted by Gasteiger charge is -2.11. The zero-order valence-electron chi connectivity index (χ0n) is 11.6. The molecule has 0 aliphatic rings. The summed E-state index contributed by atoms with van der Waals surface area (Å²) in [6.45, 7) is 1.41. The summed E-state index contributed by atoms with van der Waals surface area (Å²) in [5, 5.41) is 8.82. The Labute approximate surface area is 133 Å². The molecule has 0 aliphatic heterocycles. The van der Waals surface area contributed by atoms with Gasteiger partial charge in [-0.25, -0.2) is 8.42 Å². The van der Waals surface area contributed by atoms with Crippen LogP contribution in [0, 0.1) is 0 Å². The van der Waals surface area contributed by atoms with Crippen molar-refractivity contribution in [3.05, 3.63) is 35.4 Å². The van der Waals surface area contributed by atoms with E-state index in [0.29, 0.717) is 11.3 Å². The number of amides is 1. The van der Waals surface area contributed by atoms with Gasteiger partial charge in [-0.05, 0) is 12.1 Å². The van der Waals surface area contributed by atoms with E-state index < -0.39 is 33.0 Å². The topological polar surface area (TPSA) is 89.0 Å². The molecular formula is C12H10F3N3O3S2. The minimum atomic E-state index is -4.69. The van der Waals surface area contributed by atoms with E-state index in [-0.39, 0.29) is 15.2 Å². The highest BCUT2D eigenvalue weighted by molar-refractivity contribution is 7.93. The Hall–Kier alpha value is -2.01. The summed E-state index contributed by atoms with van der Waals surface area (Å²) in [7, 11) is -3.60. The van der Waals surface area contributed by atoms with Crippen LogP contribution in [0.25, 0.3) is 0 Å². The van der Waals surface area contributed by atoms with Crippen LogP contribution in [0.3, 0.4) is 0 Å². The maximum Gasteiger partial charge on any atom is 0.417 e. The molecule has 0 fully saturated rings. The molecule has 2 rings (SSSR count). The van der Waals surface area contributed by atoms with Crippen molar-refractivity contribution in [2.24, 2.45) is 0 Å². The van der Waals surface area contributed by atoms with Gasteiger partial charge in [0.2, 0.25) is 19.3 Å². The molecule has 1 heterocycles. The highest BCUT2D eigenvalue weighted by Gasteiger charge is 2.35. The first-order valence-electron chi connectivity index (χ1n) is 6.19. The molecule has 2 aromatic rings. The molecule has 0 saturated carbocycles. The van der Waals surface area contributed by atoms with E-state index in [1.54, 1.807) is 0 Å². The maximum absolute atomic E-state index is 12.9. The third-order valence-electron chi connectivity index (χ3n) is 2.75. The minimum Gasteiger partial charge on any atom is -0.296 e. The summed E-state index contributed by atoms with van der Waals surface area (Å²) in [6.07, 6.45) is -4.69. The van der Waals surface area contributed by atoms with Gasteiger partial charge in [-0.2, -0.15) is 13.2 Å². The fourth-order valence-corrected chi connectivity index (χ4v) is 3.59. The predicted octanol–water partition coefficient (Wildman–Crippen LogP) is 2.60. The molecule has 0 saturated heterocycles. The van der Waals surface area contributed by atoms with Gasteiger partial charge in [0.25, 0.3) is 5.91 Å². The molecular weight excluding hydrogens is 355 g/mol. The third-order valence-corrected chi connectivity index (χ3v) is 5.77. The quantitative estimate of drug-likeness (QED) is 0.842. The predicted molar refractivity (Wildman–Crippen MR) is 77.0 cm³/mol. The number of rotatable bonds is 4. The summed E-state index contributed by atoms with van der Waals surface area (Å²) in [6, 6.07) is 4.25. The fraction of sp³-hybridized carbons (Fsp3) is 0.250. The maximum atomic E-state index is 12.9. The monoisotopic (exact) mass is 365 g/mol. The van der Waals surface area contributed by atoms with E-state index in [9.17, 15) is 26.4 Å². The van der Waals surface area contributed by atoms with Crippen LogP contribution in [0.1, 0.15) is 22.8 Å². The summed E-state index contributed by atoms with van der Waals surface area (Å²) in [5.74, 6) is -1.25. The van der Waals surface area contributed by atoms with Gasteiger partial charge in [-0.3, -0.25) is 10.1 Å². The van der Waals surface area contributed by atoms with Crippen LogP contribution >= 0.6 is 11.3 Å². The lowest BCUT2D eigenvalue weighted by Crippen LogP contribution is -2.18. The van der Waals surface area contributed by atoms with Crippen LogP contribution in [-0.4, -0.2) is 30.3 Å². The van der Waals surface area contributed by atoms with Crippen LogP contribution in [0.2, 0.25) is 0 Å². The average molecular weight is 365 g/mol. The van der Waals surface area contributed by atoms with Crippen molar-refractivity contribution in [3.8, 4) is 0 Å². The van der Waals surface area contributed by atoms with Gasteiger partial charge in [0, 0.05) is 0 Å². The van der Waals surface area contributed by atoms with Crippen LogP contribution in [0.5, 0.6) is 0 Å². The molecule has 1 aromatic carbocycles. The van der Waals surface area contributed by atoms with Crippen LogP contribution in [0.15, 0.2) is 28.6 Å². The van der Waals surface area contributed by atoms with E-state index in [1.807, 2.05) is 0 Å². The first-order chi connectivity index (χ1) is 10.6. The summed E-state index contributed by atoms with van der Waals surface area (Å²) in [4.78, 5) is 12.0. The number of aromatic nitrogens is 2. The molecule has 0 aliphatic carbocycles. The zero-order chi connectivity index (χ0) is 17.3. The first kappa shape index (κ1) is 17.3. The molecule has 0 spiro atoms. The van der Waals surface area contributed by atoms with E-state index in [1.165, 1.54) is 13.0 Å². The Morgan fingerprint density at radius 1 is 1.26 bits per heavy atom. The first-order valence-corrected chi connectivity index (χ1v) is 8.66. The average Bonchev–Trinajstić information content (AvgIpc) is 2.95. The number of benzene rings is 1. The normalized spacial score (nSPS) is 12.2. The summed E-state index contributed by atoms with van der Waals surface area (Å²) >= 11 is 0.577. The van der Waals surface area contributed by atoms with Gasteiger partial charge in [-0.1, -0.05) is 30.4 Å². The van der Waals surface area contributed by atoms with Gasteiger partial charge in [0.1, 0.15) is 0 Å². The van der Waals surface area contributed by atoms with Crippen molar-refractivity contribution in [1.29, 1.82) is 0 Å². The standard InChI is InChI=1S/C12H10F3N3O3S2/c1-2-23(20,21)11-18-17-10(22-11)16-9(19)7-5-3-4-6-8(7)12(13,14)15/h3-6H,2H2,1H3,(H,16,17,19). The molecule has 0 atom stereocenters. The van der Waals surface area contributed by atoms with E-state index in [4.69, 9.17) is 0 Å². The smallest absolute Gasteiger partial charge is 0.296 e. The molecule has 0 unspecified atom stereocenters. The summed E-state index contributed by atoms with van der Waals surface area (Å²) < 4.78 is 61.5. The second-order valence-electron chi connectivity index (χ2n) is 4.27. The van der Waals surface area contributed by atoms with E-state index in [0.717, 1.165) is 18.2 Å². The van der Waals surface area contributed by atoms with Gasteiger partial charge >= 0.3 is 6.18 Å². The largest absolute Gasteiger partial charge is 0.417 e. The van der Waals surface area contributed by atoms with E-state index >= 15 is 0 Å². The SMILES string of the molecule is CCS(=O)(=O)c1nnc(NC(=O)c2ccccc2C(F)(F)F)s1.